The molecule has 0 amide bonds. The lowest BCUT2D eigenvalue weighted by molar-refractivity contribution is 0.210. The van der Waals surface area contributed by atoms with Gasteiger partial charge in [0, 0.05) is 29.8 Å². The predicted molar refractivity (Wildman–Crippen MR) is 78.2 cm³/mol. The summed E-state index contributed by atoms with van der Waals surface area (Å²) < 4.78 is 4.92. The number of nitrogens with zero attached hydrogens (tertiary/aromatic N) is 3. The first-order valence-electron chi connectivity index (χ1n) is 7.40. The van der Waals surface area contributed by atoms with Gasteiger partial charge in [-0.15, -0.1) is 0 Å². The van der Waals surface area contributed by atoms with Gasteiger partial charge in [0.2, 0.25) is 0 Å². The Morgan fingerprint density at radius 3 is 2.90 bits per heavy atom. The molecule has 2 aromatic heterocycles. The van der Waals surface area contributed by atoms with Crippen LogP contribution in [0.3, 0.4) is 0 Å². The SMILES string of the molecule is Cc1nc[nH]c(=O)c1CCN1CCC(c2ccon2)CC1. The summed E-state index contributed by atoms with van der Waals surface area (Å²) >= 11 is 0. The summed E-state index contributed by atoms with van der Waals surface area (Å²) in [5.74, 6) is 0.503. The number of aryl methyl sites for hydroxylation is 1. The molecule has 1 saturated heterocycles. The third-order valence-corrected chi connectivity index (χ3v) is 4.31. The monoisotopic (exact) mass is 288 g/mol. The highest BCUT2D eigenvalue weighted by molar-refractivity contribution is 5.15. The number of rotatable bonds is 4. The van der Waals surface area contributed by atoms with E-state index >= 15 is 0 Å². The Hall–Kier alpha value is -1.95. The van der Waals surface area contributed by atoms with Crippen LogP contribution in [0.2, 0.25) is 0 Å². The molecule has 6 heteroatoms. The van der Waals surface area contributed by atoms with Crippen molar-refractivity contribution in [2.75, 3.05) is 19.6 Å². The molecule has 2 aromatic rings. The molecule has 3 heterocycles. The Morgan fingerprint density at radius 1 is 1.43 bits per heavy atom. The van der Waals surface area contributed by atoms with Crippen molar-refractivity contribution in [1.29, 1.82) is 0 Å². The standard InChI is InChI=1S/C15H20N4O2/c1-11-13(15(20)17-10-16-11)4-8-19-6-2-12(3-7-19)14-5-9-21-18-14/h5,9-10,12H,2-4,6-8H2,1H3,(H,16,17,20). The Labute approximate surface area is 123 Å². The molecule has 21 heavy (non-hydrogen) atoms. The average Bonchev–Trinajstić information content (AvgIpc) is 3.02. The molecular weight excluding hydrogens is 268 g/mol. The van der Waals surface area contributed by atoms with Gasteiger partial charge in [-0.25, -0.2) is 4.98 Å². The maximum absolute atomic E-state index is 11.8. The molecule has 112 valence electrons. The molecule has 6 nitrogen and oxygen atoms in total. The molecule has 1 N–H and O–H groups in total. The van der Waals surface area contributed by atoms with E-state index < -0.39 is 0 Å². The molecule has 1 aliphatic heterocycles. The summed E-state index contributed by atoms with van der Waals surface area (Å²) in [5, 5.41) is 4.03. The molecule has 3 rings (SSSR count). The van der Waals surface area contributed by atoms with Gasteiger partial charge in [-0.05, 0) is 39.3 Å². The van der Waals surface area contributed by atoms with Gasteiger partial charge < -0.3 is 14.4 Å². The average molecular weight is 288 g/mol. The highest BCUT2D eigenvalue weighted by atomic mass is 16.5. The molecule has 0 unspecified atom stereocenters. The van der Waals surface area contributed by atoms with E-state index in [1.807, 2.05) is 13.0 Å². The fourth-order valence-corrected chi connectivity index (χ4v) is 2.97. The van der Waals surface area contributed by atoms with Crippen molar-refractivity contribution in [1.82, 2.24) is 20.0 Å². The van der Waals surface area contributed by atoms with E-state index in [1.165, 1.54) is 6.33 Å². The van der Waals surface area contributed by atoms with E-state index in [4.69, 9.17) is 4.52 Å². The van der Waals surface area contributed by atoms with Crippen molar-refractivity contribution in [2.24, 2.45) is 0 Å². The van der Waals surface area contributed by atoms with Gasteiger partial charge in [-0.2, -0.15) is 0 Å². The number of hydrogen-bond donors (Lipinski definition) is 1. The molecule has 1 fully saturated rings. The Morgan fingerprint density at radius 2 is 2.24 bits per heavy atom. The second-order valence-electron chi connectivity index (χ2n) is 5.59. The predicted octanol–water partition coefficient (Wildman–Crippen LogP) is 1.49. The van der Waals surface area contributed by atoms with Crippen LogP contribution < -0.4 is 5.56 Å². The molecule has 0 aromatic carbocycles. The molecule has 0 saturated carbocycles. The van der Waals surface area contributed by atoms with Crippen LogP contribution in [0.4, 0.5) is 0 Å². The number of hydrogen-bond acceptors (Lipinski definition) is 5. The molecular formula is C15H20N4O2. The quantitative estimate of drug-likeness (QED) is 0.922. The van der Waals surface area contributed by atoms with Crippen molar-refractivity contribution in [2.45, 2.75) is 32.1 Å². The summed E-state index contributed by atoms with van der Waals surface area (Å²) in [5.41, 5.74) is 2.68. The van der Waals surface area contributed by atoms with E-state index in [-0.39, 0.29) is 5.56 Å². The molecule has 1 aliphatic rings. The van der Waals surface area contributed by atoms with Crippen molar-refractivity contribution in [3.63, 3.8) is 0 Å². The highest BCUT2D eigenvalue weighted by Crippen LogP contribution is 2.26. The maximum Gasteiger partial charge on any atom is 0.254 e. The lowest BCUT2D eigenvalue weighted by Gasteiger charge is -2.30. The zero-order valence-corrected chi connectivity index (χ0v) is 12.2. The van der Waals surface area contributed by atoms with Gasteiger partial charge in [0.25, 0.3) is 5.56 Å². The molecule has 0 radical (unpaired) electrons. The summed E-state index contributed by atoms with van der Waals surface area (Å²) in [6.45, 7) is 4.87. The van der Waals surface area contributed by atoms with Crippen molar-refractivity contribution in [3.8, 4) is 0 Å². The minimum atomic E-state index is -0.0139. The molecule has 0 spiro atoms. The lowest BCUT2D eigenvalue weighted by Crippen LogP contribution is -2.35. The summed E-state index contributed by atoms with van der Waals surface area (Å²) in [4.78, 5) is 21.0. The van der Waals surface area contributed by atoms with E-state index in [1.54, 1.807) is 6.26 Å². The smallest absolute Gasteiger partial charge is 0.254 e. The highest BCUT2D eigenvalue weighted by Gasteiger charge is 2.22. The van der Waals surface area contributed by atoms with Crippen LogP contribution in [0.25, 0.3) is 0 Å². The molecule has 0 aliphatic carbocycles. The van der Waals surface area contributed by atoms with Crippen molar-refractivity contribution in [3.05, 3.63) is 46.0 Å². The number of piperidine rings is 1. The van der Waals surface area contributed by atoms with Gasteiger partial charge >= 0.3 is 0 Å². The van der Waals surface area contributed by atoms with Crippen LogP contribution in [-0.4, -0.2) is 39.7 Å². The normalized spacial score (nSPS) is 17.2. The first kappa shape index (κ1) is 14.0. The Balaban J connectivity index is 1.53. The van der Waals surface area contributed by atoms with Crippen molar-refractivity contribution < 1.29 is 4.52 Å². The maximum atomic E-state index is 11.8. The van der Waals surface area contributed by atoms with Crippen molar-refractivity contribution >= 4 is 0 Å². The van der Waals surface area contributed by atoms with Gasteiger partial charge in [0.1, 0.15) is 6.26 Å². The Kier molecular flexibility index (Phi) is 4.15. The van der Waals surface area contributed by atoms with Crippen LogP contribution >= 0.6 is 0 Å². The van der Waals surface area contributed by atoms with Crippen LogP contribution in [-0.2, 0) is 6.42 Å². The first-order valence-corrected chi connectivity index (χ1v) is 7.40. The fraction of sp³-hybridized carbons (Fsp3) is 0.533. The second-order valence-corrected chi connectivity index (χ2v) is 5.59. The minimum absolute atomic E-state index is 0.0139. The van der Waals surface area contributed by atoms with Gasteiger partial charge in [0.05, 0.1) is 12.0 Å². The van der Waals surface area contributed by atoms with E-state index in [0.717, 1.165) is 55.8 Å². The first-order chi connectivity index (χ1) is 10.2. The lowest BCUT2D eigenvalue weighted by atomic mass is 9.93. The van der Waals surface area contributed by atoms with Crippen LogP contribution in [0, 0.1) is 6.92 Å². The van der Waals surface area contributed by atoms with Gasteiger partial charge in [-0.1, -0.05) is 5.16 Å². The summed E-state index contributed by atoms with van der Waals surface area (Å²) in [6.07, 6.45) is 6.04. The third-order valence-electron chi connectivity index (χ3n) is 4.31. The topological polar surface area (TPSA) is 75.0 Å². The number of likely N-dealkylation sites (tertiary alicyclic amines) is 1. The van der Waals surface area contributed by atoms with Crippen LogP contribution in [0.5, 0.6) is 0 Å². The largest absolute Gasteiger partial charge is 0.365 e. The Bertz CT molecular complexity index is 627. The zero-order chi connectivity index (χ0) is 14.7. The fourth-order valence-electron chi connectivity index (χ4n) is 2.97. The van der Waals surface area contributed by atoms with Crippen LogP contribution in [0.1, 0.15) is 35.7 Å². The van der Waals surface area contributed by atoms with E-state index in [2.05, 4.69) is 20.0 Å². The summed E-state index contributed by atoms with van der Waals surface area (Å²) in [6, 6.07) is 1.96. The van der Waals surface area contributed by atoms with Gasteiger partial charge in [-0.3, -0.25) is 4.79 Å². The number of H-pyrrole nitrogens is 1. The number of aromatic nitrogens is 3. The molecule has 0 atom stereocenters. The molecule has 0 bridgehead atoms. The number of nitrogens with one attached hydrogen (secondary N) is 1. The minimum Gasteiger partial charge on any atom is -0.365 e. The van der Waals surface area contributed by atoms with Crippen LogP contribution in [0.15, 0.2) is 28.0 Å². The van der Waals surface area contributed by atoms with E-state index in [9.17, 15) is 4.79 Å². The third kappa shape index (κ3) is 3.21. The second kappa shape index (κ2) is 6.22. The van der Waals surface area contributed by atoms with Gasteiger partial charge in [0.15, 0.2) is 0 Å². The van der Waals surface area contributed by atoms with E-state index in [0.29, 0.717) is 5.92 Å². The zero-order valence-electron chi connectivity index (χ0n) is 12.2. The summed E-state index contributed by atoms with van der Waals surface area (Å²) in [7, 11) is 0. The number of aromatic amines is 1.